The molecule has 0 saturated heterocycles. The molecular weight excluding hydrogens is 320 g/mol. The van der Waals surface area contributed by atoms with Crippen LogP contribution in [0.25, 0.3) is 0 Å². The second kappa shape index (κ2) is 7.62. The number of nitrogens with one attached hydrogen (secondary N) is 1. The number of carbonyl (C=O) groups is 2. The van der Waals surface area contributed by atoms with E-state index in [9.17, 15) is 9.59 Å². The first-order valence-electron chi connectivity index (χ1n) is 8.37. The van der Waals surface area contributed by atoms with Crippen LogP contribution in [0, 0.1) is 0 Å². The number of anilines is 1. The van der Waals surface area contributed by atoms with E-state index in [-0.39, 0.29) is 11.8 Å². The van der Waals surface area contributed by atoms with Gasteiger partial charge in [-0.05, 0) is 42.5 Å². The fourth-order valence-electron chi connectivity index (χ4n) is 3.17. The average molecular weight is 342 g/mol. The summed E-state index contributed by atoms with van der Waals surface area (Å²) in [6.45, 7) is 0. The monoisotopic (exact) mass is 342 g/mol. The molecule has 2 amide bonds. The van der Waals surface area contributed by atoms with Crippen LogP contribution in [0.5, 0.6) is 0 Å². The van der Waals surface area contributed by atoms with Crippen molar-refractivity contribution in [2.24, 2.45) is 0 Å². The molecule has 1 aliphatic rings. The molecule has 2 aromatic rings. The van der Waals surface area contributed by atoms with Gasteiger partial charge in [0, 0.05) is 24.3 Å². The summed E-state index contributed by atoms with van der Waals surface area (Å²) >= 11 is 1.40. The summed E-state index contributed by atoms with van der Waals surface area (Å²) in [7, 11) is 1.88. The maximum atomic E-state index is 12.7. The molecule has 1 aliphatic carbocycles. The minimum absolute atomic E-state index is 0.0223. The van der Waals surface area contributed by atoms with Crippen LogP contribution in [-0.2, 0) is 0 Å². The zero-order chi connectivity index (χ0) is 16.9. The lowest BCUT2D eigenvalue weighted by atomic mass is 9.94. The van der Waals surface area contributed by atoms with Gasteiger partial charge in [-0.25, -0.2) is 0 Å². The van der Waals surface area contributed by atoms with Crippen LogP contribution in [0.2, 0.25) is 0 Å². The summed E-state index contributed by atoms with van der Waals surface area (Å²) in [5, 5.41) is 4.73. The largest absolute Gasteiger partial charge is 0.339 e. The van der Waals surface area contributed by atoms with Crippen molar-refractivity contribution in [2.45, 2.75) is 38.1 Å². The Morgan fingerprint density at radius 2 is 1.92 bits per heavy atom. The molecule has 1 heterocycles. The van der Waals surface area contributed by atoms with Crippen molar-refractivity contribution in [3.05, 3.63) is 52.2 Å². The van der Waals surface area contributed by atoms with E-state index in [1.807, 2.05) is 41.6 Å². The maximum absolute atomic E-state index is 12.7. The van der Waals surface area contributed by atoms with Gasteiger partial charge in [-0.15, -0.1) is 11.3 Å². The Labute approximate surface area is 146 Å². The molecule has 3 rings (SSSR count). The Balaban J connectivity index is 1.70. The van der Waals surface area contributed by atoms with E-state index < -0.39 is 0 Å². The minimum atomic E-state index is -0.143. The number of carbonyl (C=O) groups excluding carboxylic acids is 2. The Kier molecular flexibility index (Phi) is 5.30. The van der Waals surface area contributed by atoms with Crippen molar-refractivity contribution in [2.75, 3.05) is 12.4 Å². The molecule has 1 aromatic heterocycles. The Morgan fingerprint density at radius 3 is 2.62 bits per heavy atom. The third kappa shape index (κ3) is 3.85. The predicted molar refractivity (Wildman–Crippen MR) is 97.7 cm³/mol. The highest BCUT2D eigenvalue weighted by atomic mass is 32.1. The van der Waals surface area contributed by atoms with Gasteiger partial charge in [0.1, 0.15) is 0 Å². The molecule has 0 spiro atoms. The van der Waals surface area contributed by atoms with E-state index in [0.717, 1.165) is 12.8 Å². The lowest BCUT2D eigenvalue weighted by Gasteiger charge is -2.31. The van der Waals surface area contributed by atoms with E-state index in [1.54, 1.807) is 12.1 Å². The molecule has 0 atom stereocenters. The van der Waals surface area contributed by atoms with Gasteiger partial charge in [0.25, 0.3) is 11.8 Å². The molecule has 0 bridgehead atoms. The highest BCUT2D eigenvalue weighted by molar-refractivity contribution is 7.12. The van der Waals surface area contributed by atoms with Gasteiger partial charge in [-0.2, -0.15) is 0 Å². The number of thiophene rings is 1. The number of rotatable bonds is 4. The maximum Gasteiger partial charge on any atom is 0.265 e. The highest BCUT2D eigenvalue weighted by Gasteiger charge is 2.23. The molecular formula is C19H22N2O2S. The molecule has 126 valence electrons. The first-order chi connectivity index (χ1) is 11.6. The van der Waals surface area contributed by atoms with E-state index in [4.69, 9.17) is 0 Å². The molecule has 4 nitrogen and oxygen atoms in total. The lowest BCUT2D eigenvalue weighted by Crippen LogP contribution is -2.38. The van der Waals surface area contributed by atoms with Crippen LogP contribution >= 0.6 is 11.3 Å². The average Bonchev–Trinajstić information content (AvgIpc) is 3.16. The van der Waals surface area contributed by atoms with Gasteiger partial charge >= 0.3 is 0 Å². The van der Waals surface area contributed by atoms with Gasteiger partial charge in [0.15, 0.2) is 0 Å². The predicted octanol–water partition coefficient (Wildman–Crippen LogP) is 4.41. The van der Waals surface area contributed by atoms with E-state index in [1.165, 1.54) is 30.6 Å². The van der Waals surface area contributed by atoms with Crippen molar-refractivity contribution in [1.82, 2.24) is 4.90 Å². The fraction of sp³-hybridized carbons (Fsp3) is 0.368. The van der Waals surface area contributed by atoms with Crippen LogP contribution in [0.1, 0.15) is 52.1 Å². The van der Waals surface area contributed by atoms with E-state index in [0.29, 0.717) is 22.2 Å². The number of nitrogens with zero attached hydrogens (tertiary/aromatic N) is 1. The molecule has 0 radical (unpaired) electrons. The summed E-state index contributed by atoms with van der Waals surface area (Å²) in [6, 6.07) is 11.1. The van der Waals surface area contributed by atoms with Gasteiger partial charge in [0.05, 0.1) is 4.88 Å². The standard InChI is InChI=1S/C19H22N2O2S/c1-21(16-9-3-2-4-10-16)19(23)14-7-5-8-15(13-14)20-18(22)17-11-6-12-24-17/h5-8,11-13,16H,2-4,9-10H2,1H3,(H,20,22). The van der Waals surface area contributed by atoms with Crippen molar-refractivity contribution < 1.29 is 9.59 Å². The molecule has 1 N–H and O–H groups in total. The minimum Gasteiger partial charge on any atom is -0.339 e. The molecule has 0 unspecified atom stereocenters. The Morgan fingerprint density at radius 1 is 1.12 bits per heavy atom. The second-order valence-corrected chi connectivity index (χ2v) is 7.17. The van der Waals surface area contributed by atoms with Gasteiger partial charge in [-0.3, -0.25) is 9.59 Å². The smallest absolute Gasteiger partial charge is 0.265 e. The number of amides is 2. The Bertz CT molecular complexity index is 706. The number of hydrogen-bond acceptors (Lipinski definition) is 3. The van der Waals surface area contributed by atoms with Crippen LogP contribution in [-0.4, -0.2) is 29.8 Å². The van der Waals surface area contributed by atoms with Crippen molar-refractivity contribution in [3.63, 3.8) is 0 Å². The second-order valence-electron chi connectivity index (χ2n) is 6.22. The van der Waals surface area contributed by atoms with Crippen molar-refractivity contribution in [3.8, 4) is 0 Å². The molecule has 5 heteroatoms. The first kappa shape index (κ1) is 16.7. The third-order valence-corrected chi connectivity index (χ3v) is 5.42. The molecule has 1 saturated carbocycles. The van der Waals surface area contributed by atoms with Gasteiger partial charge in [0.2, 0.25) is 0 Å². The van der Waals surface area contributed by atoms with Crippen LogP contribution in [0.4, 0.5) is 5.69 Å². The van der Waals surface area contributed by atoms with Crippen LogP contribution in [0.3, 0.4) is 0 Å². The summed E-state index contributed by atoms with van der Waals surface area (Å²) in [5.74, 6) is -0.121. The quantitative estimate of drug-likeness (QED) is 0.895. The van der Waals surface area contributed by atoms with E-state index >= 15 is 0 Å². The van der Waals surface area contributed by atoms with Crippen LogP contribution in [0.15, 0.2) is 41.8 Å². The lowest BCUT2D eigenvalue weighted by molar-refractivity contribution is 0.0696. The molecule has 24 heavy (non-hydrogen) atoms. The van der Waals surface area contributed by atoms with Gasteiger partial charge in [-0.1, -0.05) is 31.4 Å². The third-order valence-electron chi connectivity index (χ3n) is 4.56. The topological polar surface area (TPSA) is 49.4 Å². The highest BCUT2D eigenvalue weighted by Crippen LogP contribution is 2.23. The van der Waals surface area contributed by atoms with Crippen molar-refractivity contribution >= 4 is 28.8 Å². The van der Waals surface area contributed by atoms with Crippen molar-refractivity contribution in [1.29, 1.82) is 0 Å². The summed E-state index contributed by atoms with van der Waals surface area (Å²) in [4.78, 5) is 27.4. The molecule has 1 fully saturated rings. The Hall–Kier alpha value is -2.14. The van der Waals surface area contributed by atoms with Crippen LogP contribution < -0.4 is 5.32 Å². The summed E-state index contributed by atoms with van der Waals surface area (Å²) in [6.07, 6.45) is 5.81. The summed E-state index contributed by atoms with van der Waals surface area (Å²) < 4.78 is 0. The SMILES string of the molecule is CN(C(=O)c1cccc(NC(=O)c2cccs2)c1)C1CCCCC1. The van der Waals surface area contributed by atoms with E-state index in [2.05, 4.69) is 5.32 Å². The first-order valence-corrected chi connectivity index (χ1v) is 9.25. The molecule has 1 aromatic carbocycles. The molecule has 0 aliphatic heterocycles. The zero-order valence-corrected chi connectivity index (χ0v) is 14.6. The fourth-order valence-corrected chi connectivity index (χ4v) is 3.79. The summed E-state index contributed by atoms with van der Waals surface area (Å²) in [5.41, 5.74) is 1.27. The normalized spacial score (nSPS) is 15.0. The zero-order valence-electron chi connectivity index (χ0n) is 13.8. The number of hydrogen-bond donors (Lipinski definition) is 1. The number of benzene rings is 1. The van der Waals surface area contributed by atoms with Gasteiger partial charge < -0.3 is 10.2 Å².